The van der Waals surface area contributed by atoms with Gasteiger partial charge in [0.1, 0.15) is 10.8 Å². The van der Waals surface area contributed by atoms with E-state index in [0.717, 1.165) is 0 Å². The number of halogens is 1. The zero-order chi connectivity index (χ0) is 14.7. The molecule has 2 N–H and O–H groups in total. The Kier molecular flexibility index (Phi) is 4.04. The summed E-state index contributed by atoms with van der Waals surface area (Å²) in [6, 6.07) is 2.93. The Labute approximate surface area is 119 Å². The Bertz CT molecular complexity index is 628. The third-order valence-electron chi connectivity index (χ3n) is 2.22. The molecule has 20 heavy (non-hydrogen) atoms. The first-order valence-electron chi connectivity index (χ1n) is 5.75. The maximum absolute atomic E-state index is 11.0. The van der Waals surface area contributed by atoms with Crippen molar-refractivity contribution in [3.63, 3.8) is 0 Å². The van der Waals surface area contributed by atoms with Crippen LogP contribution in [0.15, 0.2) is 18.3 Å². The Morgan fingerprint density at radius 1 is 1.55 bits per heavy atom. The Morgan fingerprint density at radius 3 is 2.95 bits per heavy atom. The molecule has 0 radical (unpaired) electrons. The molecule has 2 aromatic heterocycles. The highest BCUT2D eigenvalue weighted by Gasteiger charge is 2.20. The molecule has 0 aromatic carbocycles. The van der Waals surface area contributed by atoms with Crippen molar-refractivity contribution in [2.45, 2.75) is 20.0 Å². The van der Waals surface area contributed by atoms with Crippen molar-refractivity contribution in [1.82, 2.24) is 15.2 Å². The number of nitro groups is 1. The van der Waals surface area contributed by atoms with Crippen LogP contribution in [-0.4, -0.2) is 26.2 Å². The Balaban J connectivity index is 2.24. The van der Waals surface area contributed by atoms with Crippen molar-refractivity contribution in [3.05, 3.63) is 33.5 Å². The summed E-state index contributed by atoms with van der Waals surface area (Å²) in [5, 5.41) is 20.3. The van der Waals surface area contributed by atoms with Crippen LogP contribution < -0.4 is 10.1 Å². The van der Waals surface area contributed by atoms with Crippen LogP contribution in [0.5, 0.6) is 5.88 Å². The molecule has 106 valence electrons. The summed E-state index contributed by atoms with van der Waals surface area (Å²) in [7, 11) is 0. The van der Waals surface area contributed by atoms with Crippen molar-refractivity contribution < 1.29 is 9.66 Å². The van der Waals surface area contributed by atoms with E-state index in [9.17, 15) is 10.1 Å². The highest BCUT2D eigenvalue weighted by Crippen LogP contribution is 2.32. The van der Waals surface area contributed by atoms with Gasteiger partial charge in [0, 0.05) is 12.3 Å². The molecule has 2 rings (SSSR count). The fourth-order valence-electron chi connectivity index (χ4n) is 1.49. The summed E-state index contributed by atoms with van der Waals surface area (Å²) in [6.45, 7) is 3.73. The number of aromatic nitrogens is 3. The van der Waals surface area contributed by atoms with Crippen molar-refractivity contribution >= 4 is 28.9 Å². The number of hydrogen-bond donors (Lipinski definition) is 2. The van der Waals surface area contributed by atoms with Crippen LogP contribution in [0, 0.1) is 10.1 Å². The quantitative estimate of drug-likeness (QED) is 0.649. The van der Waals surface area contributed by atoms with Crippen LogP contribution in [0.25, 0.3) is 0 Å². The third kappa shape index (κ3) is 3.15. The first-order chi connectivity index (χ1) is 9.47. The number of hydrogen-bond acceptors (Lipinski definition) is 6. The van der Waals surface area contributed by atoms with Crippen molar-refractivity contribution in [1.29, 1.82) is 0 Å². The van der Waals surface area contributed by atoms with Crippen LogP contribution in [0.2, 0.25) is 5.02 Å². The standard InChI is InChI=1S/C11H12ClN5O3/c1-6(2)20-9-5-8(15-16-9)14-11-10(17(18)19)7(12)3-4-13-11/h3-6H,1-2H3,(H2,13,14,15,16). The van der Waals surface area contributed by atoms with Crippen molar-refractivity contribution in [2.75, 3.05) is 5.32 Å². The van der Waals surface area contributed by atoms with E-state index >= 15 is 0 Å². The number of rotatable bonds is 5. The highest BCUT2D eigenvalue weighted by atomic mass is 35.5. The second-order valence-corrected chi connectivity index (χ2v) is 4.57. The van der Waals surface area contributed by atoms with E-state index in [1.165, 1.54) is 12.3 Å². The predicted molar refractivity (Wildman–Crippen MR) is 73.5 cm³/mol. The average molecular weight is 298 g/mol. The van der Waals surface area contributed by atoms with Gasteiger partial charge in [0.25, 0.3) is 0 Å². The lowest BCUT2D eigenvalue weighted by molar-refractivity contribution is -0.384. The third-order valence-corrected chi connectivity index (χ3v) is 2.53. The Morgan fingerprint density at radius 2 is 2.30 bits per heavy atom. The van der Waals surface area contributed by atoms with Gasteiger partial charge in [-0.05, 0) is 19.9 Å². The monoisotopic (exact) mass is 297 g/mol. The molecule has 9 heteroatoms. The lowest BCUT2D eigenvalue weighted by Crippen LogP contribution is -2.05. The van der Waals surface area contributed by atoms with Gasteiger partial charge in [-0.15, -0.1) is 5.10 Å². The van der Waals surface area contributed by atoms with Gasteiger partial charge in [-0.3, -0.25) is 15.2 Å². The minimum atomic E-state index is -0.598. The number of aromatic amines is 1. The molecule has 0 spiro atoms. The van der Waals surface area contributed by atoms with Gasteiger partial charge in [0.2, 0.25) is 11.7 Å². The van der Waals surface area contributed by atoms with E-state index in [-0.39, 0.29) is 22.6 Å². The van der Waals surface area contributed by atoms with Gasteiger partial charge in [-0.25, -0.2) is 4.98 Å². The summed E-state index contributed by atoms with van der Waals surface area (Å²) < 4.78 is 5.37. The fraction of sp³-hybridized carbons (Fsp3) is 0.273. The first-order valence-corrected chi connectivity index (χ1v) is 6.13. The summed E-state index contributed by atoms with van der Waals surface area (Å²) in [4.78, 5) is 14.3. The number of anilines is 2. The van der Waals surface area contributed by atoms with Gasteiger partial charge in [0.05, 0.1) is 11.0 Å². The van der Waals surface area contributed by atoms with E-state index in [1.807, 2.05) is 13.8 Å². The van der Waals surface area contributed by atoms with Gasteiger partial charge in [-0.1, -0.05) is 11.6 Å². The van der Waals surface area contributed by atoms with Crippen LogP contribution in [-0.2, 0) is 0 Å². The topological polar surface area (TPSA) is 106 Å². The molecule has 0 saturated heterocycles. The van der Waals surface area contributed by atoms with Crippen LogP contribution in [0.3, 0.4) is 0 Å². The lowest BCUT2D eigenvalue weighted by atomic mass is 10.4. The molecule has 0 amide bonds. The molecular formula is C11H12ClN5O3. The Hall–Kier alpha value is -2.35. The molecule has 0 unspecified atom stereocenters. The minimum absolute atomic E-state index is 0.00525. The van der Waals surface area contributed by atoms with Crippen molar-refractivity contribution in [3.8, 4) is 5.88 Å². The fourth-order valence-corrected chi connectivity index (χ4v) is 1.71. The van der Waals surface area contributed by atoms with E-state index in [0.29, 0.717) is 11.7 Å². The van der Waals surface area contributed by atoms with E-state index < -0.39 is 4.92 Å². The second-order valence-electron chi connectivity index (χ2n) is 4.16. The van der Waals surface area contributed by atoms with E-state index in [4.69, 9.17) is 16.3 Å². The van der Waals surface area contributed by atoms with Gasteiger partial charge < -0.3 is 10.1 Å². The maximum Gasteiger partial charge on any atom is 0.330 e. The molecule has 0 aliphatic carbocycles. The molecule has 0 bridgehead atoms. The summed E-state index contributed by atoms with van der Waals surface area (Å²) >= 11 is 5.79. The average Bonchev–Trinajstić information content (AvgIpc) is 2.75. The van der Waals surface area contributed by atoms with E-state index in [2.05, 4.69) is 20.5 Å². The minimum Gasteiger partial charge on any atom is -0.474 e. The number of nitrogens with one attached hydrogen (secondary N) is 2. The van der Waals surface area contributed by atoms with Crippen LogP contribution in [0.1, 0.15) is 13.8 Å². The molecule has 0 atom stereocenters. The zero-order valence-electron chi connectivity index (χ0n) is 10.8. The lowest BCUT2D eigenvalue weighted by Gasteiger charge is -2.05. The number of ether oxygens (including phenoxy) is 1. The number of nitrogens with zero attached hydrogens (tertiary/aromatic N) is 3. The number of pyridine rings is 1. The maximum atomic E-state index is 11.0. The highest BCUT2D eigenvalue weighted by molar-refractivity contribution is 6.33. The number of H-pyrrole nitrogens is 1. The molecule has 0 aliphatic rings. The van der Waals surface area contributed by atoms with Crippen molar-refractivity contribution in [2.24, 2.45) is 0 Å². The molecule has 0 fully saturated rings. The van der Waals surface area contributed by atoms with Gasteiger partial charge in [0.15, 0.2) is 0 Å². The smallest absolute Gasteiger partial charge is 0.330 e. The molecule has 0 saturated carbocycles. The molecular weight excluding hydrogens is 286 g/mol. The molecule has 2 aromatic rings. The predicted octanol–water partition coefficient (Wildman–Crippen LogP) is 2.90. The zero-order valence-corrected chi connectivity index (χ0v) is 11.5. The van der Waals surface area contributed by atoms with Gasteiger partial charge in [-0.2, -0.15) is 0 Å². The summed E-state index contributed by atoms with van der Waals surface area (Å²) in [6.07, 6.45) is 1.35. The first kappa shape index (κ1) is 14.1. The molecule has 8 nitrogen and oxygen atoms in total. The molecule has 0 aliphatic heterocycles. The van der Waals surface area contributed by atoms with E-state index in [1.54, 1.807) is 6.07 Å². The summed E-state index contributed by atoms with van der Waals surface area (Å²) in [5.41, 5.74) is -0.296. The van der Waals surface area contributed by atoms with Gasteiger partial charge >= 0.3 is 5.69 Å². The van der Waals surface area contributed by atoms with Crippen LogP contribution >= 0.6 is 11.6 Å². The summed E-state index contributed by atoms with van der Waals surface area (Å²) in [5.74, 6) is 0.827. The molecule has 2 heterocycles. The van der Waals surface area contributed by atoms with Crippen LogP contribution in [0.4, 0.5) is 17.3 Å². The normalized spacial score (nSPS) is 10.6. The second kappa shape index (κ2) is 5.74. The largest absolute Gasteiger partial charge is 0.474 e. The SMILES string of the molecule is CC(C)Oc1cc(Nc2nccc(Cl)c2[N+](=O)[O-])[nH]n1.